The molecule has 21 heavy (non-hydrogen) atoms. The Hall–Kier alpha value is -1.06. The van der Waals surface area contributed by atoms with E-state index in [1.807, 2.05) is 0 Å². The molecule has 1 unspecified atom stereocenters. The van der Waals surface area contributed by atoms with E-state index in [1.165, 1.54) is 24.8 Å². The topological polar surface area (TPSA) is 30.5 Å². The third-order valence-electron chi connectivity index (χ3n) is 4.09. The third-order valence-corrected chi connectivity index (χ3v) is 4.09. The number of rotatable bonds is 8. The molecule has 118 valence electrons. The third kappa shape index (κ3) is 5.33. The lowest BCUT2D eigenvalue weighted by molar-refractivity contribution is 0.0605. The summed E-state index contributed by atoms with van der Waals surface area (Å²) in [6.45, 7) is 7.93. The van der Waals surface area contributed by atoms with Crippen molar-refractivity contribution in [2.75, 3.05) is 26.4 Å². The van der Waals surface area contributed by atoms with Gasteiger partial charge in [-0.05, 0) is 55.8 Å². The van der Waals surface area contributed by atoms with E-state index in [1.54, 1.807) is 0 Å². The Balaban J connectivity index is 2.01. The van der Waals surface area contributed by atoms with Gasteiger partial charge in [0, 0.05) is 19.3 Å². The van der Waals surface area contributed by atoms with Crippen LogP contribution < -0.4 is 10.1 Å². The van der Waals surface area contributed by atoms with Crippen molar-refractivity contribution in [3.05, 3.63) is 29.8 Å². The summed E-state index contributed by atoms with van der Waals surface area (Å²) in [7, 11) is 0. The Labute approximate surface area is 129 Å². The molecular weight excluding hydrogens is 262 g/mol. The van der Waals surface area contributed by atoms with E-state index >= 15 is 0 Å². The van der Waals surface area contributed by atoms with Crippen molar-refractivity contribution in [3.8, 4) is 5.75 Å². The summed E-state index contributed by atoms with van der Waals surface area (Å²) in [5, 5.41) is 3.63. The number of hydrogen-bond donors (Lipinski definition) is 1. The van der Waals surface area contributed by atoms with Gasteiger partial charge in [-0.15, -0.1) is 0 Å². The second-order valence-electron chi connectivity index (χ2n) is 5.82. The summed E-state index contributed by atoms with van der Waals surface area (Å²) in [4.78, 5) is 0. The molecule has 0 amide bonds. The largest absolute Gasteiger partial charge is 0.494 e. The van der Waals surface area contributed by atoms with Crippen LogP contribution in [-0.4, -0.2) is 26.4 Å². The first-order valence-electron chi connectivity index (χ1n) is 8.37. The standard InChI is InChI=1S/C18H29NO2/c1-3-10-21-17-7-5-6-16(14-17)18(19-4-2)13-15-8-11-20-12-9-15/h5-7,14-15,18-19H,3-4,8-13H2,1-2H3. The second-order valence-corrected chi connectivity index (χ2v) is 5.82. The van der Waals surface area contributed by atoms with Crippen LogP contribution >= 0.6 is 0 Å². The van der Waals surface area contributed by atoms with Gasteiger partial charge in [0.15, 0.2) is 0 Å². The van der Waals surface area contributed by atoms with Crippen LogP contribution in [0.2, 0.25) is 0 Å². The number of benzene rings is 1. The normalized spacial score (nSPS) is 17.6. The van der Waals surface area contributed by atoms with Crippen LogP contribution in [0.4, 0.5) is 0 Å². The predicted octanol–water partition coefficient (Wildman–Crippen LogP) is 3.94. The van der Waals surface area contributed by atoms with Crippen LogP contribution in [0.5, 0.6) is 5.75 Å². The first kappa shape index (κ1) is 16.3. The zero-order chi connectivity index (χ0) is 14.9. The van der Waals surface area contributed by atoms with Gasteiger partial charge in [0.2, 0.25) is 0 Å². The van der Waals surface area contributed by atoms with Crippen molar-refractivity contribution < 1.29 is 9.47 Å². The van der Waals surface area contributed by atoms with E-state index in [9.17, 15) is 0 Å². The van der Waals surface area contributed by atoms with Gasteiger partial charge in [0.05, 0.1) is 6.61 Å². The minimum Gasteiger partial charge on any atom is -0.494 e. The maximum absolute atomic E-state index is 5.77. The van der Waals surface area contributed by atoms with Gasteiger partial charge in [-0.25, -0.2) is 0 Å². The molecule has 0 spiro atoms. The average molecular weight is 291 g/mol. The molecule has 1 N–H and O–H groups in total. The molecule has 1 aliphatic heterocycles. The molecule has 1 atom stereocenters. The number of ether oxygens (including phenoxy) is 2. The molecule has 0 aromatic heterocycles. The maximum atomic E-state index is 5.77. The molecule has 0 aliphatic carbocycles. The van der Waals surface area contributed by atoms with Crippen molar-refractivity contribution in [1.29, 1.82) is 0 Å². The summed E-state index contributed by atoms with van der Waals surface area (Å²) >= 11 is 0. The average Bonchev–Trinajstić information content (AvgIpc) is 2.54. The smallest absolute Gasteiger partial charge is 0.119 e. The van der Waals surface area contributed by atoms with Crippen LogP contribution in [0, 0.1) is 5.92 Å². The van der Waals surface area contributed by atoms with Crippen molar-refractivity contribution in [2.24, 2.45) is 5.92 Å². The van der Waals surface area contributed by atoms with E-state index in [0.717, 1.165) is 44.5 Å². The highest BCUT2D eigenvalue weighted by atomic mass is 16.5. The molecule has 0 bridgehead atoms. The lowest BCUT2D eigenvalue weighted by Gasteiger charge is -2.27. The fraction of sp³-hybridized carbons (Fsp3) is 0.667. The highest BCUT2D eigenvalue weighted by molar-refractivity contribution is 5.30. The summed E-state index contributed by atoms with van der Waals surface area (Å²) in [6.07, 6.45) is 4.61. The minimum atomic E-state index is 0.420. The zero-order valence-electron chi connectivity index (χ0n) is 13.4. The van der Waals surface area contributed by atoms with Crippen molar-refractivity contribution in [3.63, 3.8) is 0 Å². The monoisotopic (exact) mass is 291 g/mol. The fourth-order valence-electron chi connectivity index (χ4n) is 2.94. The Morgan fingerprint density at radius 2 is 2.10 bits per heavy atom. The fourth-order valence-corrected chi connectivity index (χ4v) is 2.94. The van der Waals surface area contributed by atoms with E-state index in [0.29, 0.717) is 6.04 Å². The van der Waals surface area contributed by atoms with E-state index < -0.39 is 0 Å². The van der Waals surface area contributed by atoms with Gasteiger partial charge < -0.3 is 14.8 Å². The molecule has 1 aromatic rings. The quantitative estimate of drug-likeness (QED) is 0.787. The van der Waals surface area contributed by atoms with Gasteiger partial charge in [0.1, 0.15) is 5.75 Å². The number of hydrogen-bond acceptors (Lipinski definition) is 3. The molecule has 0 saturated carbocycles. The lowest BCUT2D eigenvalue weighted by Crippen LogP contribution is -2.26. The lowest BCUT2D eigenvalue weighted by atomic mass is 9.89. The summed E-state index contributed by atoms with van der Waals surface area (Å²) in [6, 6.07) is 8.99. The molecule has 1 aromatic carbocycles. The maximum Gasteiger partial charge on any atom is 0.119 e. The molecule has 1 fully saturated rings. The van der Waals surface area contributed by atoms with Gasteiger partial charge >= 0.3 is 0 Å². The zero-order valence-corrected chi connectivity index (χ0v) is 13.4. The van der Waals surface area contributed by atoms with Crippen LogP contribution in [0.25, 0.3) is 0 Å². The second kappa shape index (κ2) is 9.06. The van der Waals surface area contributed by atoms with E-state index in [-0.39, 0.29) is 0 Å². The molecule has 1 heterocycles. The van der Waals surface area contributed by atoms with Crippen LogP contribution in [-0.2, 0) is 4.74 Å². The first-order valence-corrected chi connectivity index (χ1v) is 8.37. The molecule has 1 aliphatic rings. The van der Waals surface area contributed by atoms with Crippen LogP contribution in [0.3, 0.4) is 0 Å². The Kier molecular flexibility index (Phi) is 7.04. The molecule has 0 radical (unpaired) electrons. The molecule has 3 nitrogen and oxygen atoms in total. The SMILES string of the molecule is CCCOc1cccc(C(CC2CCOCC2)NCC)c1. The van der Waals surface area contributed by atoms with Gasteiger partial charge in [-0.2, -0.15) is 0 Å². The van der Waals surface area contributed by atoms with Gasteiger partial charge in [0.25, 0.3) is 0 Å². The van der Waals surface area contributed by atoms with Crippen molar-refractivity contribution in [1.82, 2.24) is 5.32 Å². The minimum absolute atomic E-state index is 0.420. The predicted molar refractivity (Wildman–Crippen MR) is 86.8 cm³/mol. The highest BCUT2D eigenvalue weighted by Crippen LogP contribution is 2.29. The van der Waals surface area contributed by atoms with Crippen LogP contribution in [0.15, 0.2) is 24.3 Å². The molecule has 3 heteroatoms. The van der Waals surface area contributed by atoms with E-state index in [4.69, 9.17) is 9.47 Å². The molecule has 2 rings (SSSR count). The molecule has 1 saturated heterocycles. The summed E-state index contributed by atoms with van der Waals surface area (Å²) < 4.78 is 11.2. The number of nitrogens with one attached hydrogen (secondary N) is 1. The van der Waals surface area contributed by atoms with Crippen molar-refractivity contribution >= 4 is 0 Å². The Morgan fingerprint density at radius 1 is 1.29 bits per heavy atom. The highest BCUT2D eigenvalue weighted by Gasteiger charge is 2.20. The Bertz CT molecular complexity index is 402. The molecular formula is C18H29NO2. The van der Waals surface area contributed by atoms with Gasteiger partial charge in [-0.1, -0.05) is 26.0 Å². The van der Waals surface area contributed by atoms with Gasteiger partial charge in [-0.3, -0.25) is 0 Å². The summed E-state index contributed by atoms with van der Waals surface area (Å²) in [5.41, 5.74) is 1.34. The van der Waals surface area contributed by atoms with Crippen molar-refractivity contribution in [2.45, 2.75) is 45.6 Å². The van der Waals surface area contributed by atoms with Crippen LogP contribution in [0.1, 0.15) is 51.1 Å². The Morgan fingerprint density at radius 3 is 2.81 bits per heavy atom. The first-order chi connectivity index (χ1) is 10.3. The summed E-state index contributed by atoms with van der Waals surface area (Å²) in [5.74, 6) is 1.76. The van der Waals surface area contributed by atoms with E-state index in [2.05, 4.69) is 43.4 Å².